The number of ether oxygens (including phenoxy) is 1. The molecule has 0 saturated carbocycles. The van der Waals surface area contributed by atoms with Gasteiger partial charge in [0.25, 0.3) is 5.56 Å². The lowest BCUT2D eigenvalue weighted by Gasteiger charge is -2.31. The van der Waals surface area contributed by atoms with Gasteiger partial charge in [-0.15, -0.1) is 0 Å². The van der Waals surface area contributed by atoms with Crippen LogP contribution >= 0.6 is 0 Å². The molecular formula is C28H27N5O3. The minimum Gasteiger partial charge on any atom is -0.472 e. The predicted molar refractivity (Wildman–Crippen MR) is 140 cm³/mol. The molecule has 1 aliphatic heterocycles. The lowest BCUT2D eigenvalue weighted by Crippen LogP contribution is -2.45. The van der Waals surface area contributed by atoms with Crippen molar-refractivity contribution in [3.05, 3.63) is 76.9 Å². The van der Waals surface area contributed by atoms with Crippen molar-refractivity contribution in [2.45, 2.75) is 6.92 Å². The molecule has 0 radical (unpaired) electrons. The molecule has 5 aromatic rings. The number of aromatic amines is 1. The number of hydrogen-bond donors (Lipinski definition) is 1. The monoisotopic (exact) mass is 481 g/mol. The second-order valence-electron chi connectivity index (χ2n) is 9.30. The van der Waals surface area contributed by atoms with Gasteiger partial charge in [0.2, 0.25) is 0 Å². The molecule has 1 N–H and O–H groups in total. The summed E-state index contributed by atoms with van der Waals surface area (Å²) >= 11 is 0. The number of piperazine rings is 1. The fourth-order valence-corrected chi connectivity index (χ4v) is 4.57. The van der Waals surface area contributed by atoms with Crippen molar-refractivity contribution in [3.63, 3.8) is 0 Å². The van der Waals surface area contributed by atoms with Crippen molar-refractivity contribution >= 4 is 21.9 Å². The SMILES string of the molecule is Cc1ccc(-c2nc3[nH]c(=O)c(OCN4CCN(C)CC4)cc3cc2-c2ccc3ncccc3c2)o1. The molecule has 182 valence electrons. The quantitative estimate of drug-likeness (QED) is 0.401. The minimum atomic E-state index is -0.296. The molecule has 1 saturated heterocycles. The largest absolute Gasteiger partial charge is 0.472 e. The number of likely N-dealkylation sites (N-methyl/N-ethyl adjacent to an activating group) is 1. The smallest absolute Gasteiger partial charge is 0.291 e. The average molecular weight is 482 g/mol. The summed E-state index contributed by atoms with van der Waals surface area (Å²) in [6.07, 6.45) is 1.79. The summed E-state index contributed by atoms with van der Waals surface area (Å²) in [5, 5.41) is 1.82. The van der Waals surface area contributed by atoms with Gasteiger partial charge in [0.05, 0.1) is 5.52 Å². The van der Waals surface area contributed by atoms with E-state index in [9.17, 15) is 4.79 Å². The molecule has 36 heavy (non-hydrogen) atoms. The highest BCUT2D eigenvalue weighted by Crippen LogP contribution is 2.35. The molecule has 0 spiro atoms. The second-order valence-corrected chi connectivity index (χ2v) is 9.30. The summed E-state index contributed by atoms with van der Waals surface area (Å²) in [6.45, 7) is 6.08. The lowest BCUT2D eigenvalue weighted by molar-refractivity contribution is 0.0755. The van der Waals surface area contributed by atoms with Gasteiger partial charge in [-0.1, -0.05) is 12.1 Å². The summed E-state index contributed by atoms with van der Waals surface area (Å²) in [4.78, 5) is 29.5. The molecule has 1 fully saturated rings. The van der Waals surface area contributed by atoms with Crippen LogP contribution in [0.15, 0.2) is 70.0 Å². The molecule has 0 unspecified atom stereocenters. The van der Waals surface area contributed by atoms with Crippen LogP contribution in [0.25, 0.3) is 44.5 Å². The number of fused-ring (bicyclic) bond motifs is 2. The second kappa shape index (κ2) is 9.22. The van der Waals surface area contributed by atoms with Crippen LogP contribution in [0.5, 0.6) is 5.75 Å². The zero-order chi connectivity index (χ0) is 24.6. The molecule has 8 heteroatoms. The molecule has 0 amide bonds. The standard InChI is InChI=1S/C28H27N5O3/c1-18-5-8-24(36-18)26-22(19-6-7-23-20(14-19)4-3-9-29-23)15-21-16-25(28(34)31-27(21)30-26)35-17-33-12-10-32(2)11-13-33/h3-9,14-16H,10-13,17H2,1-2H3,(H,30,31,34). The Morgan fingerprint density at radius 2 is 1.89 bits per heavy atom. The van der Waals surface area contributed by atoms with E-state index in [0.717, 1.165) is 59.4 Å². The first kappa shape index (κ1) is 22.5. The Morgan fingerprint density at radius 3 is 2.69 bits per heavy atom. The van der Waals surface area contributed by atoms with Gasteiger partial charge in [0.1, 0.15) is 23.8 Å². The first-order valence-electron chi connectivity index (χ1n) is 12.1. The maximum atomic E-state index is 12.8. The van der Waals surface area contributed by atoms with E-state index in [1.165, 1.54) is 0 Å². The maximum Gasteiger partial charge on any atom is 0.291 e. The van der Waals surface area contributed by atoms with Gasteiger partial charge in [-0.05, 0) is 62.0 Å². The van der Waals surface area contributed by atoms with Crippen molar-refractivity contribution in [2.24, 2.45) is 0 Å². The maximum absolute atomic E-state index is 12.8. The highest BCUT2D eigenvalue weighted by Gasteiger charge is 2.18. The first-order chi connectivity index (χ1) is 17.5. The van der Waals surface area contributed by atoms with Crippen LogP contribution in [-0.4, -0.2) is 64.7 Å². The average Bonchev–Trinajstić information content (AvgIpc) is 3.33. The molecular weight excluding hydrogens is 454 g/mol. The molecule has 5 heterocycles. The molecule has 0 bridgehead atoms. The fraction of sp³-hybridized carbons (Fsp3) is 0.250. The number of aromatic nitrogens is 3. The van der Waals surface area contributed by atoms with Gasteiger partial charge < -0.3 is 19.0 Å². The van der Waals surface area contributed by atoms with Crippen molar-refractivity contribution in [1.29, 1.82) is 0 Å². The van der Waals surface area contributed by atoms with Gasteiger partial charge in [0, 0.05) is 48.7 Å². The number of rotatable bonds is 5. The van der Waals surface area contributed by atoms with Crippen LogP contribution < -0.4 is 10.3 Å². The van der Waals surface area contributed by atoms with E-state index in [1.54, 1.807) is 12.3 Å². The van der Waals surface area contributed by atoms with E-state index >= 15 is 0 Å². The zero-order valence-electron chi connectivity index (χ0n) is 20.3. The Hall–Kier alpha value is -4.01. The fourth-order valence-electron chi connectivity index (χ4n) is 4.57. The zero-order valence-corrected chi connectivity index (χ0v) is 20.3. The van der Waals surface area contributed by atoms with Crippen molar-refractivity contribution in [1.82, 2.24) is 24.8 Å². The Balaban J connectivity index is 1.43. The van der Waals surface area contributed by atoms with Crippen molar-refractivity contribution in [2.75, 3.05) is 40.0 Å². The summed E-state index contributed by atoms with van der Waals surface area (Å²) in [5.41, 5.74) is 3.67. The third kappa shape index (κ3) is 4.36. The number of aryl methyl sites for hydroxylation is 1. The number of furan rings is 1. The summed E-state index contributed by atoms with van der Waals surface area (Å²) in [7, 11) is 2.11. The lowest BCUT2D eigenvalue weighted by atomic mass is 9.99. The van der Waals surface area contributed by atoms with Crippen LogP contribution in [0.1, 0.15) is 5.76 Å². The summed E-state index contributed by atoms with van der Waals surface area (Å²) < 4.78 is 11.9. The number of pyridine rings is 3. The van der Waals surface area contributed by atoms with E-state index in [1.807, 2.05) is 49.4 Å². The van der Waals surface area contributed by atoms with Crippen LogP contribution in [0, 0.1) is 6.92 Å². The predicted octanol–water partition coefficient (Wildman–Crippen LogP) is 4.29. The van der Waals surface area contributed by atoms with Gasteiger partial charge in [0.15, 0.2) is 11.5 Å². The van der Waals surface area contributed by atoms with Gasteiger partial charge in [-0.25, -0.2) is 4.98 Å². The third-order valence-electron chi connectivity index (χ3n) is 6.68. The normalized spacial score (nSPS) is 15.1. The molecule has 8 nitrogen and oxygen atoms in total. The first-order valence-corrected chi connectivity index (χ1v) is 12.1. The van der Waals surface area contributed by atoms with Crippen LogP contribution in [-0.2, 0) is 0 Å². The highest BCUT2D eigenvalue weighted by molar-refractivity contribution is 5.92. The Bertz CT molecular complexity index is 1620. The molecule has 0 aliphatic carbocycles. The number of hydrogen-bond acceptors (Lipinski definition) is 7. The number of nitrogens with zero attached hydrogens (tertiary/aromatic N) is 4. The van der Waals surface area contributed by atoms with Gasteiger partial charge >= 0.3 is 0 Å². The Kier molecular flexibility index (Phi) is 5.75. The number of benzene rings is 1. The topological polar surface area (TPSA) is 87.5 Å². The van der Waals surface area contributed by atoms with Crippen LogP contribution in [0.4, 0.5) is 0 Å². The molecule has 1 aromatic carbocycles. The van der Waals surface area contributed by atoms with E-state index in [2.05, 4.69) is 32.9 Å². The summed E-state index contributed by atoms with van der Waals surface area (Å²) in [6, 6.07) is 17.7. The van der Waals surface area contributed by atoms with E-state index < -0.39 is 0 Å². The summed E-state index contributed by atoms with van der Waals surface area (Å²) in [5.74, 6) is 1.73. The van der Waals surface area contributed by atoms with Crippen molar-refractivity contribution in [3.8, 4) is 28.3 Å². The number of H-pyrrole nitrogens is 1. The van der Waals surface area contributed by atoms with E-state index in [4.69, 9.17) is 14.1 Å². The Morgan fingerprint density at radius 1 is 1.03 bits per heavy atom. The molecule has 4 aromatic heterocycles. The van der Waals surface area contributed by atoms with E-state index in [0.29, 0.717) is 29.6 Å². The highest BCUT2D eigenvalue weighted by atomic mass is 16.5. The molecule has 1 aliphatic rings. The molecule has 6 rings (SSSR count). The minimum absolute atomic E-state index is 0.290. The van der Waals surface area contributed by atoms with Crippen LogP contribution in [0.2, 0.25) is 0 Å². The Labute approximate surface area is 208 Å². The molecule has 0 atom stereocenters. The van der Waals surface area contributed by atoms with Gasteiger partial charge in [-0.3, -0.25) is 14.7 Å². The van der Waals surface area contributed by atoms with Gasteiger partial charge in [-0.2, -0.15) is 0 Å². The third-order valence-corrected chi connectivity index (χ3v) is 6.68. The van der Waals surface area contributed by atoms with Crippen molar-refractivity contribution < 1.29 is 9.15 Å². The van der Waals surface area contributed by atoms with E-state index in [-0.39, 0.29) is 5.56 Å². The number of nitrogens with one attached hydrogen (secondary N) is 1. The van der Waals surface area contributed by atoms with Crippen LogP contribution in [0.3, 0.4) is 0 Å².